The lowest BCUT2D eigenvalue weighted by molar-refractivity contribution is -0.139. The molecule has 0 unspecified atom stereocenters. The standard InChI is InChI=1S/C25H34N4O4S/c1-25(2,29-16-14-20-7-5-6-8-21(20)17-29)18-27-24(31)23(30)26-15-13-19-9-11-22(12-10-19)34(32,33)28(3)4/h5-12H,13-18H2,1-4H3,(H,26,30)(H,27,31). The average Bonchev–Trinajstić information content (AvgIpc) is 2.82. The van der Waals surface area contributed by atoms with E-state index in [1.54, 1.807) is 24.3 Å². The minimum Gasteiger partial charge on any atom is -0.348 e. The van der Waals surface area contributed by atoms with Gasteiger partial charge in [0.1, 0.15) is 0 Å². The highest BCUT2D eigenvalue weighted by Gasteiger charge is 2.30. The first-order valence-electron chi connectivity index (χ1n) is 11.4. The molecule has 1 aliphatic heterocycles. The molecule has 2 aromatic rings. The number of hydrogen-bond donors (Lipinski definition) is 2. The molecule has 2 N–H and O–H groups in total. The van der Waals surface area contributed by atoms with Crippen LogP contribution < -0.4 is 10.6 Å². The maximum absolute atomic E-state index is 12.3. The van der Waals surface area contributed by atoms with Gasteiger partial charge in [-0.15, -0.1) is 0 Å². The summed E-state index contributed by atoms with van der Waals surface area (Å²) in [6.07, 6.45) is 1.45. The Morgan fingerprint density at radius 1 is 0.971 bits per heavy atom. The number of hydrogen-bond acceptors (Lipinski definition) is 5. The smallest absolute Gasteiger partial charge is 0.309 e. The molecule has 184 valence electrons. The Morgan fingerprint density at radius 2 is 1.59 bits per heavy atom. The van der Waals surface area contributed by atoms with Crippen LogP contribution >= 0.6 is 0 Å². The lowest BCUT2D eigenvalue weighted by atomic mass is 9.94. The molecule has 0 bridgehead atoms. The molecule has 0 spiro atoms. The minimum absolute atomic E-state index is 0.212. The lowest BCUT2D eigenvalue weighted by Gasteiger charge is -2.41. The monoisotopic (exact) mass is 486 g/mol. The van der Waals surface area contributed by atoms with Crippen LogP contribution in [0.1, 0.15) is 30.5 Å². The van der Waals surface area contributed by atoms with Crippen LogP contribution in [0.4, 0.5) is 0 Å². The fourth-order valence-electron chi connectivity index (χ4n) is 3.94. The molecule has 0 aromatic heterocycles. The highest BCUT2D eigenvalue weighted by Crippen LogP contribution is 2.24. The van der Waals surface area contributed by atoms with Gasteiger partial charge in [-0.05, 0) is 55.5 Å². The average molecular weight is 487 g/mol. The van der Waals surface area contributed by atoms with Gasteiger partial charge < -0.3 is 10.6 Å². The van der Waals surface area contributed by atoms with Gasteiger partial charge in [-0.25, -0.2) is 12.7 Å². The summed E-state index contributed by atoms with van der Waals surface area (Å²) in [6, 6.07) is 14.9. The first kappa shape index (κ1) is 25.9. The molecule has 0 aliphatic carbocycles. The lowest BCUT2D eigenvalue weighted by Crippen LogP contribution is -2.54. The normalized spacial score (nSPS) is 14.5. The third kappa shape index (κ3) is 6.22. The van der Waals surface area contributed by atoms with Gasteiger partial charge in [0.15, 0.2) is 0 Å². The van der Waals surface area contributed by atoms with E-state index in [1.807, 2.05) is 6.07 Å². The van der Waals surface area contributed by atoms with E-state index in [0.717, 1.165) is 29.4 Å². The van der Waals surface area contributed by atoms with Crippen molar-refractivity contribution in [3.63, 3.8) is 0 Å². The zero-order valence-corrected chi connectivity index (χ0v) is 21.1. The maximum atomic E-state index is 12.3. The first-order chi connectivity index (χ1) is 16.0. The van der Waals surface area contributed by atoms with Gasteiger partial charge in [0.2, 0.25) is 10.0 Å². The van der Waals surface area contributed by atoms with Crippen molar-refractivity contribution in [3.05, 3.63) is 65.2 Å². The summed E-state index contributed by atoms with van der Waals surface area (Å²) >= 11 is 0. The van der Waals surface area contributed by atoms with Crippen molar-refractivity contribution in [2.75, 3.05) is 33.7 Å². The summed E-state index contributed by atoms with van der Waals surface area (Å²) < 4.78 is 25.4. The predicted octanol–water partition coefficient (Wildman–Crippen LogP) is 1.55. The third-order valence-electron chi connectivity index (χ3n) is 6.28. The van der Waals surface area contributed by atoms with E-state index in [1.165, 1.54) is 25.2 Å². The van der Waals surface area contributed by atoms with Crippen LogP contribution in [0.5, 0.6) is 0 Å². The van der Waals surface area contributed by atoms with Crippen molar-refractivity contribution in [2.24, 2.45) is 0 Å². The second-order valence-corrected chi connectivity index (χ2v) is 11.5. The summed E-state index contributed by atoms with van der Waals surface area (Å²) in [5.41, 5.74) is 3.24. The molecule has 8 nitrogen and oxygen atoms in total. The molecule has 0 saturated carbocycles. The topological polar surface area (TPSA) is 98.8 Å². The fourth-order valence-corrected chi connectivity index (χ4v) is 4.84. The highest BCUT2D eigenvalue weighted by molar-refractivity contribution is 7.89. The molecule has 9 heteroatoms. The zero-order chi connectivity index (χ0) is 24.9. The number of carbonyl (C=O) groups is 2. The number of nitrogens with one attached hydrogen (secondary N) is 2. The van der Waals surface area contributed by atoms with Crippen molar-refractivity contribution in [2.45, 2.75) is 43.7 Å². The number of rotatable bonds is 8. The van der Waals surface area contributed by atoms with Crippen molar-refractivity contribution in [1.82, 2.24) is 19.8 Å². The van der Waals surface area contributed by atoms with Gasteiger partial charge in [0, 0.05) is 45.8 Å². The number of carbonyl (C=O) groups excluding carboxylic acids is 2. The molecular formula is C25H34N4O4S. The number of benzene rings is 2. The Labute approximate surface area is 202 Å². The van der Waals surface area contributed by atoms with E-state index in [-0.39, 0.29) is 17.0 Å². The largest absolute Gasteiger partial charge is 0.348 e. The summed E-state index contributed by atoms with van der Waals surface area (Å²) in [7, 11) is -0.508. The Kier molecular flexibility index (Phi) is 8.12. The van der Waals surface area contributed by atoms with E-state index in [2.05, 4.69) is 47.6 Å². The molecule has 0 saturated heterocycles. The van der Waals surface area contributed by atoms with Gasteiger partial charge >= 0.3 is 11.8 Å². The number of fused-ring (bicyclic) bond motifs is 1. The van der Waals surface area contributed by atoms with Crippen LogP contribution in [0.25, 0.3) is 0 Å². The van der Waals surface area contributed by atoms with E-state index in [4.69, 9.17) is 0 Å². The molecule has 34 heavy (non-hydrogen) atoms. The minimum atomic E-state index is -3.47. The van der Waals surface area contributed by atoms with Crippen LogP contribution in [0, 0.1) is 0 Å². The van der Waals surface area contributed by atoms with Crippen molar-refractivity contribution < 1.29 is 18.0 Å². The number of sulfonamides is 1. The molecule has 2 aromatic carbocycles. The van der Waals surface area contributed by atoms with E-state index < -0.39 is 21.8 Å². The van der Waals surface area contributed by atoms with Crippen LogP contribution in [0.15, 0.2) is 53.4 Å². The summed E-state index contributed by atoms with van der Waals surface area (Å²) in [5, 5.41) is 5.40. The van der Waals surface area contributed by atoms with E-state index >= 15 is 0 Å². The molecule has 3 rings (SSSR count). The van der Waals surface area contributed by atoms with Crippen LogP contribution in [0.2, 0.25) is 0 Å². The maximum Gasteiger partial charge on any atom is 0.309 e. The zero-order valence-electron chi connectivity index (χ0n) is 20.3. The van der Waals surface area contributed by atoms with Gasteiger partial charge in [-0.3, -0.25) is 14.5 Å². The summed E-state index contributed by atoms with van der Waals surface area (Å²) in [4.78, 5) is 27.1. The Morgan fingerprint density at radius 3 is 2.24 bits per heavy atom. The van der Waals surface area contributed by atoms with Crippen LogP contribution in [-0.4, -0.2) is 68.7 Å². The second kappa shape index (κ2) is 10.7. The van der Waals surface area contributed by atoms with Crippen LogP contribution in [0.3, 0.4) is 0 Å². The van der Waals surface area contributed by atoms with E-state index in [9.17, 15) is 18.0 Å². The van der Waals surface area contributed by atoms with Gasteiger partial charge in [-0.2, -0.15) is 0 Å². The van der Waals surface area contributed by atoms with Gasteiger partial charge in [0.25, 0.3) is 0 Å². The molecular weight excluding hydrogens is 452 g/mol. The van der Waals surface area contributed by atoms with Crippen molar-refractivity contribution in [1.29, 1.82) is 0 Å². The third-order valence-corrected chi connectivity index (χ3v) is 8.10. The second-order valence-electron chi connectivity index (χ2n) is 9.37. The summed E-state index contributed by atoms with van der Waals surface area (Å²) in [6.45, 7) is 6.50. The Hall–Kier alpha value is -2.75. The molecule has 0 radical (unpaired) electrons. The van der Waals surface area contributed by atoms with Crippen LogP contribution in [-0.2, 0) is 39.0 Å². The molecule has 2 amide bonds. The van der Waals surface area contributed by atoms with Gasteiger partial charge in [-0.1, -0.05) is 36.4 Å². The molecule has 0 fully saturated rings. The molecule has 0 atom stereocenters. The summed E-state index contributed by atoms with van der Waals surface area (Å²) in [5.74, 6) is -1.33. The van der Waals surface area contributed by atoms with Gasteiger partial charge in [0.05, 0.1) is 4.90 Å². The Bertz CT molecular complexity index is 1130. The van der Waals surface area contributed by atoms with Crippen molar-refractivity contribution in [3.8, 4) is 0 Å². The predicted molar refractivity (Wildman–Crippen MR) is 132 cm³/mol. The molecule has 1 aliphatic rings. The molecule has 1 heterocycles. The van der Waals surface area contributed by atoms with Crippen molar-refractivity contribution >= 4 is 21.8 Å². The SMILES string of the molecule is CN(C)S(=O)(=O)c1ccc(CCNC(=O)C(=O)NCC(C)(C)N2CCc3ccccc3C2)cc1. The Balaban J connectivity index is 1.44. The fraction of sp³-hybridized carbons (Fsp3) is 0.440. The quantitative estimate of drug-likeness (QED) is 0.552. The first-order valence-corrected chi connectivity index (χ1v) is 12.8. The highest BCUT2D eigenvalue weighted by atomic mass is 32.2. The number of nitrogens with zero attached hydrogens (tertiary/aromatic N) is 2. The van der Waals surface area contributed by atoms with E-state index in [0.29, 0.717) is 13.0 Å². The number of amides is 2.